The molecule has 11 heavy (non-hydrogen) atoms. The highest BCUT2D eigenvalue weighted by atomic mass is 16.5. The topological polar surface area (TPSA) is 21.3 Å². The minimum Gasteiger partial charge on any atom is -0.380 e. The smallest absolute Gasteiger partial charge is 0.0590 e. The van der Waals surface area contributed by atoms with E-state index in [1.807, 2.05) is 6.92 Å². The summed E-state index contributed by atoms with van der Waals surface area (Å²) in [6, 6.07) is 0.676. The first kappa shape index (κ1) is 8.75. The molecule has 0 amide bonds. The van der Waals surface area contributed by atoms with Gasteiger partial charge in [-0.1, -0.05) is 12.2 Å². The summed E-state index contributed by atoms with van der Waals surface area (Å²) in [6.07, 6.45) is 6.84. The average Bonchev–Trinajstić information content (AvgIpc) is 2.50. The second-order valence-corrected chi connectivity index (χ2v) is 2.79. The zero-order valence-electron chi connectivity index (χ0n) is 7.18. The Kier molecular flexibility index (Phi) is 4.24. The Labute approximate surface area is 68.6 Å². The molecule has 0 unspecified atom stereocenters. The first-order valence-electron chi connectivity index (χ1n) is 4.39. The molecule has 0 bridgehead atoms. The van der Waals surface area contributed by atoms with Crippen molar-refractivity contribution in [2.24, 2.45) is 0 Å². The van der Waals surface area contributed by atoms with Crippen LogP contribution in [0.1, 0.15) is 19.8 Å². The van der Waals surface area contributed by atoms with Gasteiger partial charge in [-0.15, -0.1) is 0 Å². The van der Waals surface area contributed by atoms with Gasteiger partial charge in [-0.05, 0) is 19.8 Å². The molecule has 0 atom stereocenters. The van der Waals surface area contributed by atoms with E-state index in [1.165, 1.54) is 12.8 Å². The van der Waals surface area contributed by atoms with Gasteiger partial charge in [0.15, 0.2) is 0 Å². The van der Waals surface area contributed by atoms with E-state index in [2.05, 4.69) is 17.5 Å². The Morgan fingerprint density at radius 3 is 2.82 bits per heavy atom. The lowest BCUT2D eigenvalue weighted by molar-refractivity contribution is 0.147. The van der Waals surface area contributed by atoms with Crippen molar-refractivity contribution in [3.05, 3.63) is 12.2 Å². The van der Waals surface area contributed by atoms with E-state index in [1.54, 1.807) is 0 Å². The van der Waals surface area contributed by atoms with Crippen LogP contribution in [-0.2, 0) is 4.74 Å². The van der Waals surface area contributed by atoms with Gasteiger partial charge in [-0.25, -0.2) is 0 Å². The predicted molar refractivity (Wildman–Crippen MR) is 46.7 cm³/mol. The van der Waals surface area contributed by atoms with Crippen LogP contribution in [-0.4, -0.2) is 25.8 Å². The molecule has 0 spiro atoms. The van der Waals surface area contributed by atoms with Crippen molar-refractivity contribution >= 4 is 0 Å². The lowest BCUT2D eigenvalue weighted by Crippen LogP contribution is -2.29. The van der Waals surface area contributed by atoms with E-state index in [9.17, 15) is 0 Å². The highest BCUT2D eigenvalue weighted by Gasteiger charge is 2.07. The van der Waals surface area contributed by atoms with Crippen LogP contribution in [0.3, 0.4) is 0 Å². The molecule has 64 valence electrons. The van der Waals surface area contributed by atoms with Gasteiger partial charge in [-0.3, -0.25) is 0 Å². The third kappa shape index (κ3) is 3.54. The fourth-order valence-corrected chi connectivity index (χ4v) is 1.26. The first-order chi connectivity index (χ1) is 5.43. The van der Waals surface area contributed by atoms with Gasteiger partial charge < -0.3 is 10.1 Å². The third-order valence-corrected chi connectivity index (χ3v) is 1.89. The highest BCUT2D eigenvalue weighted by molar-refractivity contribution is 4.97. The van der Waals surface area contributed by atoms with Crippen LogP contribution in [0.5, 0.6) is 0 Å². The van der Waals surface area contributed by atoms with Gasteiger partial charge in [0, 0.05) is 19.2 Å². The minimum absolute atomic E-state index is 0.676. The van der Waals surface area contributed by atoms with Crippen molar-refractivity contribution in [1.82, 2.24) is 5.32 Å². The number of rotatable bonds is 5. The Morgan fingerprint density at radius 1 is 1.45 bits per heavy atom. The molecule has 1 aliphatic rings. The number of ether oxygens (including phenoxy) is 1. The SMILES string of the molecule is CCOCCNC1CC=CC1. The fourth-order valence-electron chi connectivity index (χ4n) is 1.26. The Balaban J connectivity index is 1.87. The van der Waals surface area contributed by atoms with Crippen LogP contribution < -0.4 is 5.32 Å². The van der Waals surface area contributed by atoms with Gasteiger partial charge in [0.05, 0.1) is 6.61 Å². The Bertz CT molecular complexity index is 115. The molecular formula is C9H17NO. The zero-order chi connectivity index (χ0) is 7.94. The highest BCUT2D eigenvalue weighted by Crippen LogP contribution is 2.08. The average molecular weight is 155 g/mol. The Morgan fingerprint density at radius 2 is 2.18 bits per heavy atom. The van der Waals surface area contributed by atoms with Crippen molar-refractivity contribution in [3.63, 3.8) is 0 Å². The molecule has 1 N–H and O–H groups in total. The van der Waals surface area contributed by atoms with Crippen LogP contribution in [0.4, 0.5) is 0 Å². The van der Waals surface area contributed by atoms with Crippen LogP contribution >= 0.6 is 0 Å². The molecule has 0 aromatic carbocycles. The van der Waals surface area contributed by atoms with E-state index in [4.69, 9.17) is 4.74 Å². The minimum atomic E-state index is 0.676. The Hall–Kier alpha value is -0.340. The molecule has 1 aliphatic carbocycles. The van der Waals surface area contributed by atoms with Crippen molar-refractivity contribution < 1.29 is 4.74 Å². The van der Waals surface area contributed by atoms with Gasteiger partial charge in [0.25, 0.3) is 0 Å². The van der Waals surface area contributed by atoms with Crippen molar-refractivity contribution in [3.8, 4) is 0 Å². The number of hydrogen-bond donors (Lipinski definition) is 1. The van der Waals surface area contributed by atoms with E-state index < -0.39 is 0 Å². The largest absolute Gasteiger partial charge is 0.380 e. The summed E-state index contributed by atoms with van der Waals surface area (Å²) >= 11 is 0. The van der Waals surface area contributed by atoms with E-state index >= 15 is 0 Å². The molecule has 0 aromatic heterocycles. The molecule has 0 aromatic rings. The monoisotopic (exact) mass is 155 g/mol. The van der Waals surface area contributed by atoms with Gasteiger partial charge >= 0.3 is 0 Å². The molecule has 2 nitrogen and oxygen atoms in total. The molecule has 0 fully saturated rings. The lowest BCUT2D eigenvalue weighted by Gasteiger charge is -2.10. The second-order valence-electron chi connectivity index (χ2n) is 2.79. The van der Waals surface area contributed by atoms with Crippen LogP contribution in [0.15, 0.2) is 12.2 Å². The zero-order valence-corrected chi connectivity index (χ0v) is 7.18. The van der Waals surface area contributed by atoms with E-state index in [-0.39, 0.29) is 0 Å². The maximum absolute atomic E-state index is 5.21. The quantitative estimate of drug-likeness (QED) is 0.477. The van der Waals surface area contributed by atoms with Crippen LogP contribution in [0.2, 0.25) is 0 Å². The first-order valence-corrected chi connectivity index (χ1v) is 4.39. The normalized spacial score (nSPS) is 17.9. The van der Waals surface area contributed by atoms with E-state index in [0.29, 0.717) is 6.04 Å². The fraction of sp³-hybridized carbons (Fsp3) is 0.778. The molecule has 0 saturated heterocycles. The summed E-state index contributed by atoms with van der Waals surface area (Å²) in [6.45, 7) is 4.68. The lowest BCUT2D eigenvalue weighted by atomic mass is 10.2. The molecule has 0 heterocycles. The molecule has 0 aliphatic heterocycles. The molecular weight excluding hydrogens is 138 g/mol. The van der Waals surface area contributed by atoms with Crippen molar-refractivity contribution in [2.75, 3.05) is 19.8 Å². The summed E-state index contributed by atoms with van der Waals surface area (Å²) in [5, 5.41) is 3.43. The van der Waals surface area contributed by atoms with Crippen LogP contribution in [0, 0.1) is 0 Å². The summed E-state index contributed by atoms with van der Waals surface area (Å²) in [7, 11) is 0. The summed E-state index contributed by atoms with van der Waals surface area (Å²) in [4.78, 5) is 0. The summed E-state index contributed by atoms with van der Waals surface area (Å²) in [5.41, 5.74) is 0. The second kappa shape index (κ2) is 5.33. The molecule has 0 saturated carbocycles. The molecule has 2 heteroatoms. The van der Waals surface area contributed by atoms with E-state index in [0.717, 1.165) is 19.8 Å². The summed E-state index contributed by atoms with van der Waals surface area (Å²) < 4.78 is 5.21. The van der Waals surface area contributed by atoms with Gasteiger partial charge in [-0.2, -0.15) is 0 Å². The van der Waals surface area contributed by atoms with Crippen LogP contribution in [0.25, 0.3) is 0 Å². The number of hydrogen-bond acceptors (Lipinski definition) is 2. The van der Waals surface area contributed by atoms with Gasteiger partial charge in [0.2, 0.25) is 0 Å². The molecule has 1 rings (SSSR count). The van der Waals surface area contributed by atoms with Crippen molar-refractivity contribution in [2.45, 2.75) is 25.8 Å². The predicted octanol–water partition coefficient (Wildman–Crippen LogP) is 1.33. The maximum atomic E-state index is 5.21. The number of nitrogens with one attached hydrogen (secondary N) is 1. The summed E-state index contributed by atoms with van der Waals surface area (Å²) in [5.74, 6) is 0. The van der Waals surface area contributed by atoms with Gasteiger partial charge in [0.1, 0.15) is 0 Å². The molecule has 0 radical (unpaired) electrons. The maximum Gasteiger partial charge on any atom is 0.0590 e. The third-order valence-electron chi connectivity index (χ3n) is 1.89. The standard InChI is InChI=1S/C9H17NO/c1-2-11-8-7-10-9-5-3-4-6-9/h3-4,9-10H,2,5-8H2,1H3. The van der Waals surface area contributed by atoms with Crippen molar-refractivity contribution in [1.29, 1.82) is 0 Å².